The zero-order valence-corrected chi connectivity index (χ0v) is 42.1. The van der Waals surface area contributed by atoms with Crippen molar-refractivity contribution >= 4 is 79.2 Å². The van der Waals surface area contributed by atoms with Crippen LogP contribution in [0.4, 0.5) is 34.1 Å². The lowest BCUT2D eigenvalue weighted by Gasteiger charge is -2.46. The number of hydrogen-bond acceptors (Lipinski definition) is 4. The highest BCUT2D eigenvalue weighted by molar-refractivity contribution is 7.00. The second-order valence-electron chi connectivity index (χ2n) is 23.7. The Kier molecular flexibility index (Phi) is 9.76. The summed E-state index contributed by atoms with van der Waals surface area (Å²) < 4.78 is 11.8. The third-order valence-corrected chi connectivity index (χ3v) is 14.7. The van der Waals surface area contributed by atoms with E-state index in [1.807, 2.05) is 0 Å². The van der Waals surface area contributed by atoms with E-state index in [2.05, 4.69) is 233 Å². The van der Waals surface area contributed by atoms with Gasteiger partial charge in [-0.1, -0.05) is 132 Å². The Morgan fingerprint density at radius 1 is 0.368 bits per heavy atom. The second-order valence-corrected chi connectivity index (χ2v) is 23.7. The maximum absolute atomic E-state index is 5.88. The smallest absolute Gasteiger partial charge is 0.252 e. The van der Waals surface area contributed by atoms with Crippen LogP contribution in [0.25, 0.3) is 44.2 Å². The third-order valence-electron chi connectivity index (χ3n) is 14.7. The Bertz CT molecular complexity index is 3260. The molecule has 0 radical (unpaired) electrons. The first-order chi connectivity index (χ1) is 32.1. The molecule has 2 aromatic heterocycles. The van der Waals surface area contributed by atoms with Crippen LogP contribution in [-0.4, -0.2) is 6.71 Å². The van der Waals surface area contributed by atoms with E-state index in [4.69, 9.17) is 8.83 Å². The minimum Gasteiger partial charge on any atom is -0.464 e. The Morgan fingerprint density at radius 2 is 0.735 bits per heavy atom. The van der Waals surface area contributed by atoms with Crippen molar-refractivity contribution in [2.75, 3.05) is 9.80 Å². The van der Waals surface area contributed by atoms with Crippen molar-refractivity contribution < 1.29 is 8.83 Å². The lowest BCUT2D eigenvalue weighted by atomic mass is 9.33. The van der Waals surface area contributed by atoms with Crippen molar-refractivity contribution in [3.63, 3.8) is 0 Å². The summed E-state index contributed by atoms with van der Waals surface area (Å²) in [6.07, 6.45) is 3.58. The van der Waals surface area contributed by atoms with E-state index in [-0.39, 0.29) is 28.4 Å². The fraction of sp³-hybridized carbons (Fsp3) is 0.270. The maximum atomic E-state index is 5.88. The molecule has 0 spiro atoms. The van der Waals surface area contributed by atoms with Gasteiger partial charge in [0.1, 0.15) is 11.2 Å². The topological polar surface area (TPSA) is 32.8 Å². The van der Waals surface area contributed by atoms with Crippen molar-refractivity contribution in [1.82, 2.24) is 0 Å². The monoisotopic (exact) mass is 890 g/mol. The molecular formula is C63H63BN2O2. The van der Waals surface area contributed by atoms with Gasteiger partial charge in [-0.05, 0) is 169 Å². The summed E-state index contributed by atoms with van der Waals surface area (Å²) in [7, 11) is 0. The van der Waals surface area contributed by atoms with Crippen LogP contribution in [0, 0.1) is 6.92 Å². The number of aryl methyl sites for hydroxylation is 1. The van der Waals surface area contributed by atoms with Crippen LogP contribution < -0.4 is 26.2 Å². The number of rotatable bonds is 4. The van der Waals surface area contributed by atoms with Gasteiger partial charge in [0, 0.05) is 44.6 Å². The lowest BCUT2D eigenvalue weighted by Crippen LogP contribution is -2.61. The number of benzene rings is 7. The van der Waals surface area contributed by atoms with Gasteiger partial charge < -0.3 is 18.6 Å². The molecule has 5 heteroatoms. The van der Waals surface area contributed by atoms with Crippen molar-refractivity contribution in [2.24, 2.45) is 0 Å². The maximum Gasteiger partial charge on any atom is 0.252 e. The van der Waals surface area contributed by atoms with E-state index in [1.54, 1.807) is 12.5 Å². The average molecular weight is 891 g/mol. The van der Waals surface area contributed by atoms with Gasteiger partial charge in [0.15, 0.2) is 0 Å². The molecule has 4 heterocycles. The van der Waals surface area contributed by atoms with Gasteiger partial charge in [0.2, 0.25) is 0 Å². The van der Waals surface area contributed by atoms with Crippen LogP contribution in [0.15, 0.2) is 155 Å². The van der Waals surface area contributed by atoms with E-state index in [9.17, 15) is 0 Å². The highest BCUT2D eigenvalue weighted by Gasteiger charge is 2.45. The molecule has 68 heavy (non-hydrogen) atoms. The van der Waals surface area contributed by atoms with E-state index in [0.29, 0.717) is 0 Å². The average Bonchev–Trinajstić information content (AvgIpc) is 3.96. The Hall–Kier alpha value is -6.72. The van der Waals surface area contributed by atoms with Gasteiger partial charge in [-0.25, -0.2) is 0 Å². The largest absolute Gasteiger partial charge is 0.464 e. The van der Waals surface area contributed by atoms with Crippen molar-refractivity contribution in [3.05, 3.63) is 174 Å². The zero-order chi connectivity index (χ0) is 47.8. The van der Waals surface area contributed by atoms with Crippen molar-refractivity contribution in [1.29, 1.82) is 0 Å². The SMILES string of the molecule is Cc1cc2c3c(c1)N(c1ccc(C(C)(C)C)cc1-c1ccc4occc4c1)c1ccc(C(C)(C)C)cc1B3c1cc(C(C)(C)C)ccc1N2c1ccc(C(C)(C)C)cc1-c1ccc2occc2c1. The van der Waals surface area contributed by atoms with Gasteiger partial charge in [-0.3, -0.25) is 0 Å². The van der Waals surface area contributed by atoms with Gasteiger partial charge in [-0.15, -0.1) is 0 Å². The number of anilines is 6. The first-order valence-electron chi connectivity index (χ1n) is 24.4. The highest BCUT2D eigenvalue weighted by atomic mass is 16.3. The molecule has 4 nitrogen and oxygen atoms in total. The van der Waals surface area contributed by atoms with Gasteiger partial charge in [-0.2, -0.15) is 0 Å². The molecule has 0 unspecified atom stereocenters. The summed E-state index contributed by atoms with van der Waals surface area (Å²) in [6.45, 7) is 30.1. The lowest BCUT2D eigenvalue weighted by molar-refractivity contribution is 0.590. The summed E-state index contributed by atoms with van der Waals surface area (Å²) in [5.41, 5.74) is 23.8. The standard InChI is InChI=1S/C63H63BN2O2/c1-38-30-55-59-56(31-38)66(52-21-17-44(61(5,6)7)35-48(52)40-15-25-58-42(33-40)27-29-68-58)54-23-19-46(63(11,12)13)37-50(54)64(59)49-36-45(62(8,9)10)18-22-53(49)65(55)51-20-16-43(60(2,3)4)34-47(51)39-14-24-57-41(32-39)26-28-67-57/h14-37H,1-13H3. The minimum absolute atomic E-state index is 0.0261. The molecular weight excluding hydrogens is 828 g/mol. The van der Waals surface area contributed by atoms with E-state index < -0.39 is 0 Å². The molecule has 2 aliphatic rings. The van der Waals surface area contributed by atoms with Crippen LogP contribution in [0.1, 0.15) is 111 Å². The van der Waals surface area contributed by atoms with Crippen LogP contribution in [-0.2, 0) is 21.7 Å². The quantitative estimate of drug-likeness (QED) is 0.165. The van der Waals surface area contributed by atoms with Crippen LogP contribution >= 0.6 is 0 Å². The highest BCUT2D eigenvalue weighted by Crippen LogP contribution is 2.50. The van der Waals surface area contributed by atoms with Crippen LogP contribution in [0.5, 0.6) is 0 Å². The number of nitrogens with zero attached hydrogens (tertiary/aromatic N) is 2. The minimum atomic E-state index is -0.0631. The summed E-state index contributed by atoms with van der Waals surface area (Å²) >= 11 is 0. The molecule has 11 rings (SSSR count). The van der Waals surface area contributed by atoms with Crippen molar-refractivity contribution in [2.45, 2.75) is 112 Å². The molecule has 0 fully saturated rings. The Labute approximate surface area is 403 Å². The first kappa shape index (κ1) is 43.8. The molecule has 9 aromatic rings. The zero-order valence-electron chi connectivity index (χ0n) is 42.1. The van der Waals surface area contributed by atoms with E-state index in [1.165, 1.54) is 78.1 Å². The normalized spacial score (nSPS) is 13.9. The first-order valence-corrected chi connectivity index (χ1v) is 24.4. The molecule has 2 aliphatic heterocycles. The van der Waals surface area contributed by atoms with E-state index >= 15 is 0 Å². The van der Waals surface area contributed by atoms with Gasteiger partial charge >= 0.3 is 0 Å². The molecule has 0 bridgehead atoms. The molecule has 7 aromatic carbocycles. The van der Waals surface area contributed by atoms with Crippen LogP contribution in [0.2, 0.25) is 0 Å². The predicted molar refractivity (Wildman–Crippen MR) is 290 cm³/mol. The second kappa shape index (κ2) is 15.1. The predicted octanol–water partition coefficient (Wildman–Crippen LogP) is 16.1. The number of hydrogen-bond donors (Lipinski definition) is 0. The number of furan rings is 2. The molecule has 0 aliphatic carbocycles. The Morgan fingerprint density at radius 3 is 1.12 bits per heavy atom. The number of fused-ring (bicyclic) bond motifs is 6. The van der Waals surface area contributed by atoms with Gasteiger partial charge in [0.25, 0.3) is 6.71 Å². The summed E-state index contributed by atoms with van der Waals surface area (Å²) in [5, 5.41) is 2.19. The van der Waals surface area contributed by atoms with E-state index in [0.717, 1.165) is 44.4 Å². The molecule has 0 amide bonds. The fourth-order valence-corrected chi connectivity index (χ4v) is 10.7. The third kappa shape index (κ3) is 7.20. The van der Waals surface area contributed by atoms with Crippen LogP contribution in [0.3, 0.4) is 0 Å². The summed E-state index contributed by atoms with van der Waals surface area (Å²) in [6, 6.07) is 51.3. The Balaban J connectivity index is 1.25. The fourth-order valence-electron chi connectivity index (χ4n) is 10.7. The molecule has 0 atom stereocenters. The molecule has 0 N–H and O–H groups in total. The molecule has 0 saturated heterocycles. The summed E-state index contributed by atoms with van der Waals surface area (Å²) in [4.78, 5) is 5.19. The van der Waals surface area contributed by atoms with Crippen molar-refractivity contribution in [3.8, 4) is 22.3 Å². The van der Waals surface area contributed by atoms with Gasteiger partial charge in [0.05, 0.1) is 23.9 Å². The molecule has 340 valence electrons. The molecule has 0 saturated carbocycles. The summed E-state index contributed by atoms with van der Waals surface area (Å²) in [5.74, 6) is 0.